The Morgan fingerprint density at radius 1 is 1.43 bits per heavy atom. The van der Waals surface area contributed by atoms with Crippen LogP contribution in [0.1, 0.15) is 39.0 Å². The summed E-state index contributed by atoms with van der Waals surface area (Å²) in [5.41, 5.74) is -0.650. The average Bonchev–Trinajstić information content (AvgIpc) is 2.41. The second kappa shape index (κ2) is 3.67. The minimum atomic E-state index is -0.679. The summed E-state index contributed by atoms with van der Waals surface area (Å²) in [5.74, 6) is 5.76. The Balaban J connectivity index is 2.10. The van der Waals surface area contributed by atoms with Crippen molar-refractivity contribution in [2.24, 2.45) is 0 Å². The lowest BCUT2D eigenvalue weighted by molar-refractivity contribution is 0.0278. The Bertz CT molecular complexity index is 297. The van der Waals surface area contributed by atoms with E-state index in [0.29, 0.717) is 19.3 Å². The van der Waals surface area contributed by atoms with E-state index in [2.05, 4.69) is 11.8 Å². The van der Waals surface area contributed by atoms with E-state index >= 15 is 0 Å². The van der Waals surface area contributed by atoms with Gasteiger partial charge < -0.3 is 5.11 Å². The van der Waals surface area contributed by atoms with E-state index in [-0.39, 0.29) is 10.5 Å². The molecule has 3 heteroatoms. The fourth-order valence-corrected chi connectivity index (χ4v) is 4.80. The average molecular weight is 212 g/mol. The lowest BCUT2D eigenvalue weighted by Gasteiger charge is -2.34. The summed E-state index contributed by atoms with van der Waals surface area (Å²) < 4.78 is 11.7. The molecule has 0 aliphatic carbocycles. The summed E-state index contributed by atoms with van der Waals surface area (Å²) in [6.07, 6.45) is 3.97. The molecular weight excluding hydrogens is 196 g/mol. The van der Waals surface area contributed by atoms with Gasteiger partial charge in [-0.25, -0.2) is 0 Å². The first-order valence-electron chi connectivity index (χ1n) is 5.16. The molecule has 2 saturated heterocycles. The number of hydrogen-bond donors (Lipinski definition) is 1. The molecule has 2 atom stereocenters. The fourth-order valence-electron chi connectivity index (χ4n) is 2.57. The summed E-state index contributed by atoms with van der Waals surface area (Å²) >= 11 is 0. The van der Waals surface area contributed by atoms with Crippen LogP contribution >= 0.6 is 0 Å². The molecule has 0 aromatic heterocycles. The molecule has 2 heterocycles. The van der Waals surface area contributed by atoms with Gasteiger partial charge in [0, 0.05) is 27.7 Å². The molecule has 0 aromatic carbocycles. The normalized spacial score (nSPS) is 45.7. The first-order chi connectivity index (χ1) is 6.64. The highest BCUT2D eigenvalue weighted by molar-refractivity contribution is 7.86. The predicted molar refractivity (Wildman–Crippen MR) is 57.2 cm³/mol. The van der Waals surface area contributed by atoms with Gasteiger partial charge in [0.2, 0.25) is 0 Å². The number of hydrogen-bond acceptors (Lipinski definition) is 2. The van der Waals surface area contributed by atoms with Crippen molar-refractivity contribution in [1.29, 1.82) is 0 Å². The Morgan fingerprint density at radius 2 is 2.00 bits per heavy atom. The Labute approximate surface area is 87.5 Å². The van der Waals surface area contributed by atoms with E-state index in [1.807, 2.05) is 0 Å². The van der Waals surface area contributed by atoms with Crippen molar-refractivity contribution in [3.63, 3.8) is 0 Å². The van der Waals surface area contributed by atoms with Crippen LogP contribution < -0.4 is 0 Å². The van der Waals surface area contributed by atoms with Crippen LogP contribution in [0.5, 0.6) is 0 Å². The molecule has 0 radical (unpaired) electrons. The first-order valence-corrected chi connectivity index (χ1v) is 6.44. The smallest absolute Gasteiger partial charge is 0.0779 e. The molecule has 2 nitrogen and oxygen atoms in total. The molecule has 0 saturated carbocycles. The molecule has 0 amide bonds. The highest BCUT2D eigenvalue weighted by Crippen LogP contribution is 2.42. The number of aliphatic hydroxyl groups is 1. The van der Waals surface area contributed by atoms with Crippen LogP contribution in [0.4, 0.5) is 0 Å². The van der Waals surface area contributed by atoms with Gasteiger partial charge in [-0.15, -0.1) is 11.8 Å². The molecule has 2 unspecified atom stereocenters. The molecule has 0 aromatic rings. The maximum atomic E-state index is 11.7. The van der Waals surface area contributed by atoms with Crippen LogP contribution in [0.2, 0.25) is 0 Å². The van der Waals surface area contributed by atoms with Gasteiger partial charge in [0.25, 0.3) is 0 Å². The molecular formula is C11H16O2S. The SMILES string of the molecule is CC#CCC1(O)CC2CCC(C1)S2=O. The molecule has 2 bridgehead atoms. The summed E-state index contributed by atoms with van der Waals surface area (Å²) in [5, 5.41) is 10.7. The van der Waals surface area contributed by atoms with Crippen LogP contribution in [0, 0.1) is 11.8 Å². The molecule has 2 rings (SSSR count). The van der Waals surface area contributed by atoms with Crippen molar-refractivity contribution in [1.82, 2.24) is 0 Å². The van der Waals surface area contributed by atoms with E-state index in [4.69, 9.17) is 0 Å². The fraction of sp³-hybridized carbons (Fsp3) is 0.818. The van der Waals surface area contributed by atoms with Crippen molar-refractivity contribution in [2.45, 2.75) is 55.1 Å². The van der Waals surface area contributed by atoms with Gasteiger partial charge in [0.1, 0.15) is 0 Å². The maximum Gasteiger partial charge on any atom is 0.0779 e. The predicted octanol–water partition coefficient (Wildman–Crippen LogP) is 1.20. The lowest BCUT2D eigenvalue weighted by Crippen LogP contribution is -2.42. The van der Waals surface area contributed by atoms with Crippen molar-refractivity contribution in [3.8, 4) is 11.8 Å². The zero-order valence-electron chi connectivity index (χ0n) is 8.45. The van der Waals surface area contributed by atoms with E-state index in [9.17, 15) is 9.32 Å². The van der Waals surface area contributed by atoms with Crippen LogP contribution in [0.25, 0.3) is 0 Å². The molecule has 78 valence electrons. The van der Waals surface area contributed by atoms with Crippen LogP contribution in [0.15, 0.2) is 0 Å². The monoisotopic (exact) mass is 212 g/mol. The Kier molecular flexibility index (Phi) is 2.68. The third-order valence-electron chi connectivity index (χ3n) is 3.28. The summed E-state index contributed by atoms with van der Waals surface area (Å²) in [7, 11) is -0.679. The molecule has 14 heavy (non-hydrogen) atoms. The summed E-state index contributed by atoms with van der Waals surface area (Å²) in [6, 6.07) is 0. The standard InChI is InChI=1S/C11H16O2S/c1-2-3-6-11(12)7-9-4-5-10(8-11)14(9)13/h9-10,12H,4-8H2,1H3. The van der Waals surface area contributed by atoms with Gasteiger partial charge in [-0.3, -0.25) is 4.21 Å². The molecule has 2 aliphatic heterocycles. The maximum absolute atomic E-state index is 11.7. The molecule has 1 N–H and O–H groups in total. The van der Waals surface area contributed by atoms with Gasteiger partial charge in [-0.1, -0.05) is 0 Å². The number of rotatable bonds is 1. The Hall–Kier alpha value is -0.330. The first kappa shape index (κ1) is 10.2. The largest absolute Gasteiger partial charge is 0.389 e. The summed E-state index contributed by atoms with van der Waals surface area (Å²) in [4.78, 5) is 0. The second-order valence-electron chi connectivity index (χ2n) is 4.39. The van der Waals surface area contributed by atoms with Crippen molar-refractivity contribution in [3.05, 3.63) is 0 Å². The van der Waals surface area contributed by atoms with E-state index in [1.165, 1.54) is 0 Å². The van der Waals surface area contributed by atoms with Crippen molar-refractivity contribution < 1.29 is 9.32 Å². The lowest BCUT2D eigenvalue weighted by atomic mass is 9.90. The third kappa shape index (κ3) is 1.74. The van der Waals surface area contributed by atoms with E-state index < -0.39 is 16.4 Å². The quantitative estimate of drug-likeness (QED) is 0.663. The molecule has 2 aliphatic rings. The molecule has 2 fully saturated rings. The van der Waals surface area contributed by atoms with Gasteiger partial charge in [-0.2, -0.15) is 0 Å². The highest BCUT2D eigenvalue weighted by atomic mass is 32.2. The minimum Gasteiger partial charge on any atom is -0.389 e. The van der Waals surface area contributed by atoms with Crippen LogP contribution in [0.3, 0.4) is 0 Å². The van der Waals surface area contributed by atoms with Crippen molar-refractivity contribution in [2.75, 3.05) is 0 Å². The Morgan fingerprint density at radius 3 is 2.50 bits per heavy atom. The van der Waals surface area contributed by atoms with Crippen LogP contribution in [-0.4, -0.2) is 25.4 Å². The van der Waals surface area contributed by atoms with E-state index in [0.717, 1.165) is 12.8 Å². The van der Waals surface area contributed by atoms with Gasteiger partial charge in [-0.05, 0) is 32.6 Å². The summed E-state index contributed by atoms with van der Waals surface area (Å²) in [6.45, 7) is 1.79. The second-order valence-corrected chi connectivity index (χ2v) is 6.38. The molecule has 0 spiro atoms. The van der Waals surface area contributed by atoms with Gasteiger partial charge >= 0.3 is 0 Å². The van der Waals surface area contributed by atoms with Gasteiger partial charge in [0.05, 0.1) is 5.60 Å². The zero-order chi connectivity index (χ0) is 10.2. The highest BCUT2D eigenvalue weighted by Gasteiger charge is 2.47. The number of fused-ring (bicyclic) bond motifs is 2. The van der Waals surface area contributed by atoms with Gasteiger partial charge in [0.15, 0.2) is 0 Å². The zero-order valence-corrected chi connectivity index (χ0v) is 9.27. The van der Waals surface area contributed by atoms with Crippen molar-refractivity contribution >= 4 is 10.8 Å². The van der Waals surface area contributed by atoms with Crippen LogP contribution in [-0.2, 0) is 10.8 Å². The van der Waals surface area contributed by atoms with E-state index in [1.54, 1.807) is 6.92 Å². The minimum absolute atomic E-state index is 0.234. The topological polar surface area (TPSA) is 37.3 Å². The third-order valence-corrected chi connectivity index (χ3v) is 5.40.